The second kappa shape index (κ2) is 6.92. The zero-order valence-electron chi connectivity index (χ0n) is 13.8. The number of rotatable bonds is 8. The minimum absolute atomic E-state index is 0.321. The van der Waals surface area contributed by atoms with Crippen molar-refractivity contribution in [3.63, 3.8) is 0 Å². The summed E-state index contributed by atoms with van der Waals surface area (Å²) >= 11 is 0. The summed E-state index contributed by atoms with van der Waals surface area (Å²) in [5.74, 6) is 0. The SMILES string of the molecule is C=CCC1(O)[C@H](O)[C@](O)(CC=C)C(O)(CC=C)[C@](O)(CC=C)[C@H]1O. The second-order valence-electron chi connectivity index (χ2n) is 6.48. The average molecular weight is 340 g/mol. The molecular weight excluding hydrogens is 312 g/mol. The Kier molecular flexibility index (Phi) is 5.98. The highest BCUT2D eigenvalue weighted by Crippen LogP contribution is 2.54. The predicted molar refractivity (Wildman–Crippen MR) is 91.1 cm³/mol. The molecule has 2 unspecified atom stereocenters. The van der Waals surface area contributed by atoms with Gasteiger partial charge in [0.25, 0.3) is 0 Å². The minimum Gasteiger partial charge on any atom is -0.387 e. The molecule has 1 aliphatic rings. The van der Waals surface area contributed by atoms with Crippen molar-refractivity contribution in [2.75, 3.05) is 0 Å². The van der Waals surface area contributed by atoms with Gasteiger partial charge >= 0.3 is 0 Å². The van der Waals surface area contributed by atoms with E-state index in [0.717, 1.165) is 0 Å². The molecule has 1 rings (SSSR count). The van der Waals surface area contributed by atoms with E-state index in [9.17, 15) is 30.6 Å². The Morgan fingerprint density at radius 3 is 1.25 bits per heavy atom. The highest BCUT2D eigenvalue weighted by atomic mass is 16.5. The molecule has 0 radical (unpaired) electrons. The van der Waals surface area contributed by atoms with Crippen molar-refractivity contribution in [2.45, 2.75) is 60.3 Å². The zero-order chi connectivity index (χ0) is 18.8. The standard InChI is InChI=1S/C18H28O6/c1-5-9-15(21)13(19)16(22,10-6-2)18(24,12-8-4)17(23,11-7-3)14(15)20/h5-8,13-14,19-24H,1-4,9-12H2/t13-,14-,15?,16-,17+,18?/m0/s1. The van der Waals surface area contributed by atoms with E-state index in [2.05, 4.69) is 26.3 Å². The van der Waals surface area contributed by atoms with E-state index in [4.69, 9.17) is 0 Å². The van der Waals surface area contributed by atoms with Crippen LogP contribution in [-0.2, 0) is 0 Å². The number of aliphatic hydroxyl groups excluding tert-OH is 2. The summed E-state index contributed by atoms with van der Waals surface area (Å²) in [5, 5.41) is 65.6. The van der Waals surface area contributed by atoms with Crippen LogP contribution in [0.25, 0.3) is 0 Å². The van der Waals surface area contributed by atoms with Crippen LogP contribution in [0.5, 0.6) is 0 Å². The molecule has 0 heterocycles. The fourth-order valence-corrected chi connectivity index (χ4v) is 3.82. The van der Waals surface area contributed by atoms with Crippen LogP contribution in [-0.4, -0.2) is 65.3 Å². The summed E-state index contributed by atoms with van der Waals surface area (Å²) in [6.07, 6.45) is -0.328. The van der Waals surface area contributed by atoms with Gasteiger partial charge in [-0.05, 0) is 25.7 Å². The van der Waals surface area contributed by atoms with E-state index < -0.39 is 34.6 Å². The van der Waals surface area contributed by atoms with E-state index >= 15 is 0 Å². The van der Waals surface area contributed by atoms with Gasteiger partial charge in [-0.2, -0.15) is 0 Å². The molecular formula is C18H28O6. The lowest BCUT2D eigenvalue weighted by atomic mass is 9.51. The molecule has 0 bridgehead atoms. The van der Waals surface area contributed by atoms with Crippen LogP contribution in [0.2, 0.25) is 0 Å². The summed E-state index contributed by atoms with van der Waals surface area (Å²) in [6, 6.07) is 0. The number of hydrogen-bond donors (Lipinski definition) is 6. The highest BCUT2D eigenvalue weighted by molar-refractivity contribution is 5.30. The Hall–Kier alpha value is -1.28. The molecule has 0 amide bonds. The molecule has 0 aromatic heterocycles. The van der Waals surface area contributed by atoms with Crippen LogP contribution in [0, 0.1) is 0 Å². The molecule has 1 saturated carbocycles. The Bertz CT molecular complexity index is 486. The zero-order valence-corrected chi connectivity index (χ0v) is 13.8. The van der Waals surface area contributed by atoms with Crippen LogP contribution in [0.15, 0.2) is 50.6 Å². The van der Waals surface area contributed by atoms with Crippen LogP contribution in [0.3, 0.4) is 0 Å². The quantitative estimate of drug-likeness (QED) is 0.345. The molecule has 6 nitrogen and oxygen atoms in total. The summed E-state index contributed by atoms with van der Waals surface area (Å²) < 4.78 is 0. The third-order valence-corrected chi connectivity index (χ3v) is 5.11. The van der Waals surface area contributed by atoms with Crippen LogP contribution in [0.4, 0.5) is 0 Å². The predicted octanol–water partition coefficient (Wildman–Crippen LogP) is -0.0494. The van der Waals surface area contributed by atoms with Gasteiger partial charge in [0.05, 0.1) is 0 Å². The Morgan fingerprint density at radius 1 is 0.625 bits per heavy atom. The maximum Gasteiger partial charge on any atom is 0.131 e. The summed E-state index contributed by atoms with van der Waals surface area (Å²) in [5.41, 5.74) is -9.52. The molecule has 6 heteroatoms. The van der Waals surface area contributed by atoms with Crippen molar-refractivity contribution < 1.29 is 30.6 Å². The summed E-state index contributed by atoms with van der Waals surface area (Å²) in [6.45, 7) is 13.9. The highest BCUT2D eigenvalue weighted by Gasteiger charge is 2.76. The van der Waals surface area contributed by atoms with Gasteiger partial charge in [0, 0.05) is 0 Å². The third kappa shape index (κ3) is 2.50. The molecule has 24 heavy (non-hydrogen) atoms. The molecule has 1 fully saturated rings. The van der Waals surface area contributed by atoms with Gasteiger partial charge in [0.1, 0.15) is 34.6 Å². The lowest BCUT2D eigenvalue weighted by molar-refractivity contribution is -0.372. The first-order valence-electron chi connectivity index (χ1n) is 7.75. The van der Waals surface area contributed by atoms with Crippen molar-refractivity contribution in [3.8, 4) is 0 Å². The smallest absolute Gasteiger partial charge is 0.131 e. The lowest BCUT2D eigenvalue weighted by Crippen LogP contribution is -2.86. The number of hydrogen-bond acceptors (Lipinski definition) is 6. The van der Waals surface area contributed by atoms with E-state index in [1.807, 2.05) is 0 Å². The normalized spacial score (nSPS) is 45.4. The van der Waals surface area contributed by atoms with Crippen molar-refractivity contribution in [3.05, 3.63) is 50.6 Å². The van der Waals surface area contributed by atoms with Crippen molar-refractivity contribution >= 4 is 0 Å². The van der Waals surface area contributed by atoms with E-state index in [1.54, 1.807) is 0 Å². The topological polar surface area (TPSA) is 121 Å². The third-order valence-electron chi connectivity index (χ3n) is 5.11. The van der Waals surface area contributed by atoms with Gasteiger partial charge in [-0.25, -0.2) is 0 Å². The van der Waals surface area contributed by atoms with Gasteiger partial charge in [-0.1, -0.05) is 24.3 Å². The van der Waals surface area contributed by atoms with E-state index in [-0.39, 0.29) is 25.7 Å². The second-order valence-corrected chi connectivity index (χ2v) is 6.48. The van der Waals surface area contributed by atoms with Crippen molar-refractivity contribution in [1.82, 2.24) is 0 Å². The summed E-state index contributed by atoms with van der Waals surface area (Å²) in [7, 11) is 0. The fraction of sp³-hybridized carbons (Fsp3) is 0.556. The molecule has 6 atom stereocenters. The Morgan fingerprint density at radius 2 is 0.958 bits per heavy atom. The molecule has 0 aliphatic heterocycles. The molecule has 136 valence electrons. The van der Waals surface area contributed by atoms with Gasteiger partial charge in [-0.15, -0.1) is 26.3 Å². The first-order chi connectivity index (χ1) is 11.1. The van der Waals surface area contributed by atoms with Crippen molar-refractivity contribution in [1.29, 1.82) is 0 Å². The largest absolute Gasteiger partial charge is 0.387 e. The van der Waals surface area contributed by atoms with Crippen LogP contribution in [0.1, 0.15) is 25.7 Å². The minimum atomic E-state index is -2.41. The molecule has 0 saturated heterocycles. The Labute approximate surface area is 142 Å². The van der Waals surface area contributed by atoms with E-state index in [1.165, 1.54) is 24.3 Å². The maximum absolute atomic E-state index is 11.2. The fourth-order valence-electron chi connectivity index (χ4n) is 3.82. The molecule has 0 aromatic carbocycles. The monoisotopic (exact) mass is 340 g/mol. The maximum atomic E-state index is 11.2. The average Bonchev–Trinajstić information content (AvgIpc) is 2.52. The van der Waals surface area contributed by atoms with Crippen LogP contribution >= 0.6 is 0 Å². The molecule has 1 aliphatic carbocycles. The van der Waals surface area contributed by atoms with Gasteiger partial charge in [0.15, 0.2) is 0 Å². The first kappa shape index (κ1) is 20.8. The number of aliphatic hydroxyl groups is 6. The van der Waals surface area contributed by atoms with E-state index in [0.29, 0.717) is 0 Å². The van der Waals surface area contributed by atoms with Crippen molar-refractivity contribution in [2.24, 2.45) is 0 Å². The molecule has 6 N–H and O–H groups in total. The van der Waals surface area contributed by atoms with Gasteiger partial charge in [0.2, 0.25) is 0 Å². The Balaban J connectivity index is 3.76. The molecule has 0 aromatic rings. The first-order valence-corrected chi connectivity index (χ1v) is 7.75. The van der Waals surface area contributed by atoms with Gasteiger partial charge < -0.3 is 30.6 Å². The van der Waals surface area contributed by atoms with Gasteiger partial charge in [-0.3, -0.25) is 0 Å². The summed E-state index contributed by atoms with van der Waals surface area (Å²) in [4.78, 5) is 0. The lowest BCUT2D eigenvalue weighted by Gasteiger charge is -2.64. The van der Waals surface area contributed by atoms with Crippen LogP contribution < -0.4 is 0 Å². The molecule has 0 spiro atoms.